The number of nitrogens with two attached hydrogens (primary N) is 1. The van der Waals surface area contributed by atoms with Crippen molar-refractivity contribution in [2.24, 2.45) is 5.41 Å². The number of benzene rings is 3. The van der Waals surface area contributed by atoms with Crippen LogP contribution in [0.1, 0.15) is 43.5 Å². The van der Waals surface area contributed by atoms with Crippen molar-refractivity contribution >= 4 is 16.9 Å². The molecule has 0 bridgehead atoms. The van der Waals surface area contributed by atoms with Gasteiger partial charge in [0, 0.05) is 23.1 Å². The van der Waals surface area contributed by atoms with Crippen LogP contribution in [0, 0.1) is 11.2 Å². The number of aromatic nitrogens is 3. The van der Waals surface area contributed by atoms with Crippen LogP contribution >= 0.6 is 0 Å². The fourth-order valence-electron chi connectivity index (χ4n) is 4.79. The minimum absolute atomic E-state index is 0.0668. The average molecular weight is 493 g/mol. The third-order valence-electron chi connectivity index (χ3n) is 6.38. The van der Waals surface area contributed by atoms with Gasteiger partial charge in [0.15, 0.2) is 0 Å². The van der Waals surface area contributed by atoms with E-state index in [0.29, 0.717) is 0 Å². The maximum atomic E-state index is 13.5. The van der Waals surface area contributed by atoms with E-state index in [1.54, 1.807) is 12.3 Å². The predicted octanol–water partition coefficient (Wildman–Crippen LogP) is 7.17. The minimum Gasteiger partial charge on any atom is -0.487 e. The predicted molar refractivity (Wildman–Crippen MR) is 146 cm³/mol. The molecule has 3 aromatic carbocycles. The Morgan fingerprint density at radius 3 is 2.46 bits per heavy atom. The second-order valence-corrected chi connectivity index (χ2v) is 10.2. The van der Waals surface area contributed by atoms with Crippen LogP contribution in [0.5, 0.6) is 5.75 Å². The zero-order valence-corrected chi connectivity index (χ0v) is 21.1. The molecular formula is C31H29FN4O. The van der Waals surface area contributed by atoms with Gasteiger partial charge >= 0.3 is 0 Å². The lowest BCUT2D eigenvalue weighted by molar-refractivity contribution is 0.300. The van der Waals surface area contributed by atoms with Gasteiger partial charge in [0.05, 0.1) is 16.9 Å². The molecule has 6 heteroatoms. The first-order valence-corrected chi connectivity index (χ1v) is 12.2. The van der Waals surface area contributed by atoms with E-state index in [9.17, 15) is 4.39 Å². The largest absolute Gasteiger partial charge is 0.487 e. The summed E-state index contributed by atoms with van der Waals surface area (Å²) in [7, 11) is 0. The highest BCUT2D eigenvalue weighted by atomic mass is 19.1. The second kappa shape index (κ2) is 9.97. The lowest BCUT2D eigenvalue weighted by Crippen LogP contribution is -2.20. The van der Waals surface area contributed by atoms with Gasteiger partial charge < -0.3 is 10.5 Å². The zero-order chi connectivity index (χ0) is 26.0. The van der Waals surface area contributed by atoms with E-state index >= 15 is 0 Å². The molecule has 1 atom stereocenters. The van der Waals surface area contributed by atoms with Crippen LogP contribution in [-0.4, -0.2) is 15.0 Å². The molecule has 0 amide bonds. The molecule has 1 unspecified atom stereocenters. The Bertz CT molecular complexity index is 1550. The molecule has 0 aliphatic heterocycles. The van der Waals surface area contributed by atoms with E-state index in [1.807, 2.05) is 36.4 Å². The second-order valence-electron chi connectivity index (χ2n) is 10.2. The number of hydrogen-bond acceptors (Lipinski definition) is 5. The smallest absolute Gasteiger partial charge is 0.220 e. The summed E-state index contributed by atoms with van der Waals surface area (Å²) in [5.74, 6) is 0.755. The number of ether oxygens (including phenoxy) is 1. The summed E-state index contributed by atoms with van der Waals surface area (Å²) in [5, 5.41) is 0.760. The van der Waals surface area contributed by atoms with Gasteiger partial charge in [-0.05, 0) is 65.1 Å². The summed E-state index contributed by atoms with van der Waals surface area (Å²) in [6.07, 6.45) is 1.68. The maximum Gasteiger partial charge on any atom is 0.220 e. The number of halogens is 1. The highest BCUT2D eigenvalue weighted by Gasteiger charge is 2.30. The summed E-state index contributed by atoms with van der Waals surface area (Å²) in [4.78, 5) is 13.2. The number of nitrogens with zero attached hydrogens (tertiary/aromatic N) is 3. The molecule has 2 N–H and O–H groups in total. The molecule has 5 nitrogen and oxygen atoms in total. The Morgan fingerprint density at radius 2 is 1.70 bits per heavy atom. The Labute approximate surface area is 216 Å². The van der Waals surface area contributed by atoms with Crippen LogP contribution in [0.2, 0.25) is 0 Å². The third kappa shape index (κ3) is 5.43. The number of pyridine rings is 1. The van der Waals surface area contributed by atoms with Crippen molar-refractivity contribution in [1.29, 1.82) is 0 Å². The molecule has 0 radical (unpaired) electrons. The van der Waals surface area contributed by atoms with Crippen LogP contribution in [0.3, 0.4) is 0 Å². The molecule has 37 heavy (non-hydrogen) atoms. The normalized spacial score (nSPS) is 12.4. The fourth-order valence-corrected chi connectivity index (χ4v) is 4.79. The van der Waals surface area contributed by atoms with E-state index in [2.05, 4.69) is 66.1 Å². The van der Waals surface area contributed by atoms with Gasteiger partial charge in [0.1, 0.15) is 18.2 Å². The van der Waals surface area contributed by atoms with Crippen molar-refractivity contribution in [2.75, 3.05) is 5.73 Å². The van der Waals surface area contributed by atoms with Gasteiger partial charge in [-0.2, -0.15) is 0 Å². The summed E-state index contributed by atoms with van der Waals surface area (Å²) in [5.41, 5.74) is 11.4. The fraction of sp³-hybridized carbons (Fsp3) is 0.194. The molecule has 2 aromatic heterocycles. The molecule has 0 saturated carbocycles. The zero-order valence-electron chi connectivity index (χ0n) is 21.1. The topological polar surface area (TPSA) is 73.9 Å². The first-order valence-electron chi connectivity index (χ1n) is 12.2. The maximum absolute atomic E-state index is 13.5. The van der Waals surface area contributed by atoms with Crippen LogP contribution in [0.15, 0.2) is 91.1 Å². The van der Waals surface area contributed by atoms with Gasteiger partial charge in [-0.25, -0.2) is 19.3 Å². The van der Waals surface area contributed by atoms with Crippen molar-refractivity contribution in [3.8, 4) is 17.0 Å². The number of fused-ring (bicyclic) bond motifs is 1. The molecule has 0 saturated heterocycles. The summed E-state index contributed by atoms with van der Waals surface area (Å²) in [6.45, 7) is 6.99. The first-order chi connectivity index (χ1) is 17.8. The Hall–Kier alpha value is -4.32. The summed E-state index contributed by atoms with van der Waals surface area (Å²) in [6, 6.07) is 26.7. The van der Waals surface area contributed by atoms with Crippen molar-refractivity contribution in [2.45, 2.75) is 33.3 Å². The Kier molecular flexibility index (Phi) is 6.57. The van der Waals surface area contributed by atoms with Crippen LogP contribution in [0.25, 0.3) is 22.2 Å². The van der Waals surface area contributed by atoms with E-state index in [1.165, 1.54) is 17.7 Å². The third-order valence-corrected chi connectivity index (χ3v) is 6.38. The SMILES string of the molecule is CC(C)(C)C(c1ccccc1)c1cc(OCc2ccc3cc(F)ccc3n2)ccc1-c1ccnc(N)n1. The lowest BCUT2D eigenvalue weighted by Gasteiger charge is -2.33. The van der Waals surface area contributed by atoms with E-state index < -0.39 is 0 Å². The van der Waals surface area contributed by atoms with Gasteiger partial charge in [-0.1, -0.05) is 57.2 Å². The lowest BCUT2D eigenvalue weighted by atomic mass is 9.71. The molecule has 2 heterocycles. The van der Waals surface area contributed by atoms with Gasteiger partial charge in [-0.3, -0.25) is 0 Å². The van der Waals surface area contributed by atoms with Crippen molar-refractivity contribution in [3.05, 3.63) is 114 Å². The molecule has 0 fully saturated rings. The quantitative estimate of drug-likeness (QED) is 0.272. The molecular weight excluding hydrogens is 463 g/mol. The molecule has 0 aliphatic rings. The molecule has 186 valence electrons. The number of anilines is 1. The van der Waals surface area contributed by atoms with Gasteiger partial charge in [0.25, 0.3) is 0 Å². The van der Waals surface area contributed by atoms with Crippen molar-refractivity contribution in [3.63, 3.8) is 0 Å². The molecule has 0 aliphatic carbocycles. The van der Waals surface area contributed by atoms with Crippen molar-refractivity contribution < 1.29 is 9.13 Å². The highest BCUT2D eigenvalue weighted by Crippen LogP contribution is 2.45. The highest BCUT2D eigenvalue weighted by molar-refractivity contribution is 5.78. The number of nitrogen functional groups attached to an aromatic ring is 1. The van der Waals surface area contributed by atoms with Crippen LogP contribution in [0.4, 0.5) is 10.3 Å². The molecule has 5 aromatic rings. The standard InChI is InChI=1S/C31H29FN4O/c1-31(2,3)29(20-7-5-4-6-8-20)26-18-24(12-13-25(26)28-15-16-34-30(33)36-28)37-19-23-11-9-21-17-22(32)10-14-27(21)35-23/h4-18,29H,19H2,1-3H3,(H2,33,34,36). The van der Waals surface area contributed by atoms with Gasteiger partial charge in [0.2, 0.25) is 5.95 Å². The van der Waals surface area contributed by atoms with Crippen LogP contribution in [-0.2, 0) is 6.61 Å². The number of hydrogen-bond donors (Lipinski definition) is 1. The molecule has 0 spiro atoms. The average Bonchev–Trinajstić information content (AvgIpc) is 2.87. The van der Waals surface area contributed by atoms with Gasteiger partial charge in [-0.15, -0.1) is 0 Å². The van der Waals surface area contributed by atoms with E-state index in [4.69, 9.17) is 10.5 Å². The monoisotopic (exact) mass is 492 g/mol. The van der Waals surface area contributed by atoms with Crippen molar-refractivity contribution in [1.82, 2.24) is 15.0 Å². The Balaban J connectivity index is 1.54. The number of rotatable bonds is 6. The van der Waals surface area contributed by atoms with Crippen LogP contribution < -0.4 is 10.5 Å². The summed E-state index contributed by atoms with van der Waals surface area (Å²) >= 11 is 0. The molecule has 5 rings (SSSR count). The van der Waals surface area contributed by atoms with E-state index in [0.717, 1.165) is 39.2 Å². The first kappa shape index (κ1) is 24.4. The minimum atomic E-state index is -0.275. The summed E-state index contributed by atoms with van der Waals surface area (Å²) < 4.78 is 19.8. The van der Waals surface area contributed by atoms with E-state index in [-0.39, 0.29) is 29.7 Å². The Morgan fingerprint density at radius 1 is 0.892 bits per heavy atom.